The number of allylic oxidation sites excluding steroid dienone is 2. The Morgan fingerprint density at radius 3 is 2.68 bits per heavy atom. The fourth-order valence-electron chi connectivity index (χ4n) is 2.11. The number of nitrogens with zero attached hydrogens (tertiary/aromatic N) is 1. The van der Waals surface area contributed by atoms with Crippen LogP contribution in [-0.4, -0.2) is 25.4 Å². The lowest BCUT2D eigenvalue weighted by Crippen LogP contribution is -3.06. The Bertz CT molecular complexity index is 802. The summed E-state index contributed by atoms with van der Waals surface area (Å²) in [6.45, 7) is 0. The van der Waals surface area contributed by atoms with E-state index in [-0.39, 0.29) is 22.7 Å². The van der Waals surface area contributed by atoms with Crippen molar-refractivity contribution in [3.63, 3.8) is 0 Å². The molecule has 0 saturated heterocycles. The zero-order valence-corrected chi connectivity index (χ0v) is 12.3. The van der Waals surface area contributed by atoms with E-state index >= 15 is 0 Å². The molecule has 1 aromatic carbocycles. The second-order valence-corrected chi connectivity index (χ2v) is 5.29. The number of hydroxylamine groups is 2. The van der Waals surface area contributed by atoms with E-state index in [1.807, 2.05) is 0 Å². The molecule has 1 aromatic rings. The molecule has 1 aliphatic rings. The second kappa shape index (κ2) is 6.52. The standard InChI is InChI=1S/C13H12N2O6S/c1-21-12-5-4-11(15(17)18)8-10(12)7-9-3-2-6-14(16)13(9)22(19)20/h2-6,8,14H,7H2,1H3. The van der Waals surface area contributed by atoms with Crippen LogP contribution in [0.2, 0.25) is 0 Å². The highest BCUT2D eigenvalue weighted by Gasteiger charge is 2.21. The van der Waals surface area contributed by atoms with Crippen LogP contribution in [0.25, 0.3) is 0 Å². The Kier molecular flexibility index (Phi) is 4.71. The molecule has 1 heterocycles. The zero-order valence-electron chi connectivity index (χ0n) is 11.5. The summed E-state index contributed by atoms with van der Waals surface area (Å²) in [7, 11) is -1.28. The van der Waals surface area contributed by atoms with Crippen molar-refractivity contribution in [3.8, 4) is 5.75 Å². The van der Waals surface area contributed by atoms with Crippen molar-refractivity contribution in [2.24, 2.45) is 0 Å². The third-order valence-corrected chi connectivity index (χ3v) is 3.88. The van der Waals surface area contributed by atoms with E-state index in [1.165, 1.54) is 37.5 Å². The molecule has 1 N–H and O–H groups in total. The number of benzene rings is 1. The number of rotatable bonds is 4. The Morgan fingerprint density at radius 2 is 2.09 bits per heavy atom. The van der Waals surface area contributed by atoms with Crippen molar-refractivity contribution in [3.05, 3.63) is 63.0 Å². The van der Waals surface area contributed by atoms with Gasteiger partial charge in [-0.05, 0) is 18.2 Å². The van der Waals surface area contributed by atoms with Crippen LogP contribution in [0, 0.1) is 15.3 Å². The number of nitro groups is 1. The third kappa shape index (κ3) is 3.22. The number of ether oxygens (including phenoxy) is 1. The molecule has 1 atom stereocenters. The van der Waals surface area contributed by atoms with Gasteiger partial charge in [0.05, 0.1) is 12.0 Å². The van der Waals surface area contributed by atoms with Gasteiger partial charge in [0.2, 0.25) is 0 Å². The number of hydrogen-bond acceptors (Lipinski definition) is 6. The highest BCUT2D eigenvalue weighted by atomic mass is 32.2. The van der Waals surface area contributed by atoms with E-state index in [2.05, 4.69) is 0 Å². The Labute approximate surface area is 127 Å². The fourth-order valence-corrected chi connectivity index (χ4v) is 2.70. The molecule has 0 saturated carbocycles. The minimum Gasteiger partial charge on any atom is -0.623 e. The molecule has 0 amide bonds. The summed E-state index contributed by atoms with van der Waals surface area (Å²) in [6.07, 6.45) is 4.12. The van der Waals surface area contributed by atoms with Crippen LogP contribution in [0.3, 0.4) is 0 Å². The van der Waals surface area contributed by atoms with Gasteiger partial charge < -0.3 is 15.0 Å². The van der Waals surface area contributed by atoms with E-state index in [4.69, 9.17) is 4.74 Å². The van der Waals surface area contributed by atoms with E-state index in [1.54, 1.807) is 0 Å². The van der Waals surface area contributed by atoms with Gasteiger partial charge in [-0.25, -0.2) is 0 Å². The molecule has 0 radical (unpaired) electrons. The molecule has 22 heavy (non-hydrogen) atoms. The molecule has 0 fully saturated rings. The van der Waals surface area contributed by atoms with Gasteiger partial charge in [0, 0.05) is 29.7 Å². The molecular formula is C13H12N2O6S. The topological polar surface area (TPSA) is 114 Å². The lowest BCUT2D eigenvalue weighted by molar-refractivity contribution is -0.680. The van der Waals surface area contributed by atoms with Crippen LogP contribution in [0.15, 0.2) is 42.1 Å². The van der Waals surface area contributed by atoms with Crippen LogP contribution in [-0.2, 0) is 16.7 Å². The van der Waals surface area contributed by atoms with Gasteiger partial charge in [-0.15, -0.1) is 0 Å². The van der Waals surface area contributed by atoms with Crippen molar-refractivity contribution in [2.45, 2.75) is 6.42 Å². The van der Waals surface area contributed by atoms with E-state index < -0.39 is 20.3 Å². The Hall–Kier alpha value is -2.49. The van der Waals surface area contributed by atoms with Gasteiger partial charge in [0.15, 0.2) is 0 Å². The minimum absolute atomic E-state index is 0.0320. The van der Waals surface area contributed by atoms with Crippen LogP contribution in [0.5, 0.6) is 5.75 Å². The first-order chi connectivity index (χ1) is 10.4. The van der Waals surface area contributed by atoms with Crippen LogP contribution in [0.4, 0.5) is 5.69 Å². The van der Waals surface area contributed by atoms with Gasteiger partial charge in [-0.2, -0.15) is 8.42 Å². The maximum Gasteiger partial charge on any atom is 0.277 e. The quantitative estimate of drug-likeness (QED) is 0.361. The SMILES string of the molecule is COc1ccc([N+](=O)[O-])cc1CC1=CC=C[NH+]([O-])C1=S(=O)=O. The van der Waals surface area contributed by atoms with Crippen molar-refractivity contribution in [2.75, 3.05) is 7.11 Å². The molecule has 2 rings (SSSR count). The van der Waals surface area contributed by atoms with E-state index in [0.29, 0.717) is 11.3 Å². The Balaban J connectivity index is 2.47. The molecule has 1 unspecified atom stereocenters. The summed E-state index contributed by atoms with van der Waals surface area (Å²) in [5.74, 6) is 0.379. The summed E-state index contributed by atoms with van der Waals surface area (Å²) >= 11 is 0. The summed E-state index contributed by atoms with van der Waals surface area (Å²) in [5, 5.41) is 21.9. The average Bonchev–Trinajstić information content (AvgIpc) is 2.46. The van der Waals surface area contributed by atoms with Crippen molar-refractivity contribution < 1.29 is 23.1 Å². The molecule has 0 aromatic heterocycles. The first-order valence-corrected chi connectivity index (χ1v) is 7.21. The second-order valence-electron chi connectivity index (χ2n) is 4.41. The maximum atomic E-state index is 11.7. The van der Waals surface area contributed by atoms with E-state index in [9.17, 15) is 23.7 Å². The smallest absolute Gasteiger partial charge is 0.277 e. The van der Waals surface area contributed by atoms with Crippen LogP contribution < -0.4 is 9.80 Å². The normalized spacial score (nSPS) is 17.1. The molecule has 0 spiro atoms. The minimum atomic E-state index is -2.69. The highest BCUT2D eigenvalue weighted by molar-refractivity contribution is 7.72. The monoisotopic (exact) mass is 324 g/mol. The zero-order chi connectivity index (χ0) is 16.3. The highest BCUT2D eigenvalue weighted by Crippen LogP contribution is 2.26. The lowest BCUT2D eigenvalue weighted by Gasteiger charge is -2.21. The largest absolute Gasteiger partial charge is 0.623 e. The summed E-state index contributed by atoms with van der Waals surface area (Å²) in [4.78, 5) is 9.96. The predicted molar refractivity (Wildman–Crippen MR) is 78.8 cm³/mol. The van der Waals surface area contributed by atoms with Crippen molar-refractivity contribution >= 4 is 21.0 Å². The first-order valence-electron chi connectivity index (χ1n) is 6.13. The number of hydrogen-bond donors (Lipinski definition) is 1. The van der Waals surface area contributed by atoms with E-state index in [0.717, 1.165) is 6.20 Å². The average molecular weight is 324 g/mol. The van der Waals surface area contributed by atoms with Crippen LogP contribution in [0.1, 0.15) is 5.56 Å². The molecule has 1 aliphatic heterocycles. The first kappa shape index (κ1) is 15.9. The fraction of sp³-hybridized carbons (Fsp3) is 0.154. The third-order valence-electron chi connectivity index (χ3n) is 3.08. The number of non-ortho nitro benzene ring substituents is 1. The molecular weight excluding hydrogens is 312 g/mol. The predicted octanol–water partition coefficient (Wildman–Crippen LogP) is -0.00870. The van der Waals surface area contributed by atoms with Gasteiger partial charge in [-0.1, -0.05) is 0 Å². The summed E-state index contributed by atoms with van der Waals surface area (Å²) < 4.78 is 27.6. The van der Waals surface area contributed by atoms with Gasteiger partial charge in [0.1, 0.15) is 11.9 Å². The number of quaternary nitrogens is 1. The molecule has 0 aliphatic carbocycles. The number of nitrogens with one attached hydrogen (secondary N) is 1. The summed E-state index contributed by atoms with van der Waals surface area (Å²) in [5.41, 5.74) is 0.549. The number of nitro benzene ring substituents is 1. The number of methoxy groups -OCH3 is 1. The lowest BCUT2D eigenvalue weighted by atomic mass is 10.0. The van der Waals surface area contributed by atoms with Gasteiger partial charge >= 0.3 is 0 Å². The maximum absolute atomic E-state index is 11.7. The van der Waals surface area contributed by atoms with Crippen molar-refractivity contribution in [1.82, 2.24) is 0 Å². The van der Waals surface area contributed by atoms with Crippen molar-refractivity contribution in [1.29, 1.82) is 0 Å². The van der Waals surface area contributed by atoms with Crippen LogP contribution >= 0.6 is 0 Å². The molecule has 8 nitrogen and oxygen atoms in total. The van der Waals surface area contributed by atoms with Gasteiger partial charge in [0.25, 0.3) is 21.0 Å². The molecule has 116 valence electrons. The Morgan fingerprint density at radius 1 is 1.36 bits per heavy atom. The molecule has 0 bridgehead atoms. The van der Waals surface area contributed by atoms with Gasteiger partial charge in [-0.3, -0.25) is 10.1 Å². The summed E-state index contributed by atoms with van der Waals surface area (Å²) in [6, 6.07) is 4.02. The molecule has 9 heteroatoms.